The van der Waals surface area contributed by atoms with Crippen molar-refractivity contribution in [2.75, 3.05) is 13.2 Å². The van der Waals surface area contributed by atoms with Crippen LogP contribution in [-0.2, 0) is 0 Å². The number of nitrogens with zero attached hydrogens (tertiary/aromatic N) is 2. The second-order valence-corrected chi connectivity index (χ2v) is 6.21. The Morgan fingerprint density at radius 3 is 2.37 bits per heavy atom. The van der Waals surface area contributed by atoms with Crippen LogP contribution in [0.25, 0.3) is 11.3 Å². The first kappa shape index (κ1) is 18.9. The number of aromatic amines is 1. The Labute approximate surface area is 169 Å². The Morgan fingerprint density at radius 2 is 1.67 bits per heavy atom. The fourth-order valence-electron chi connectivity index (χ4n) is 2.85. The number of carbonyl (C=O) groups is 2. The number of carbonyl (C=O) groups excluding carboxylic acids is 2. The van der Waals surface area contributed by atoms with Gasteiger partial charge in [0, 0.05) is 11.6 Å². The van der Waals surface area contributed by atoms with Crippen molar-refractivity contribution in [3.8, 4) is 22.8 Å². The molecule has 0 bridgehead atoms. The maximum atomic E-state index is 12.5. The first-order valence-corrected chi connectivity index (χ1v) is 8.82. The maximum Gasteiger partial charge on any atom is 0.287 e. The summed E-state index contributed by atoms with van der Waals surface area (Å²) in [5, 5.41) is 18.0. The number of nitro groups is 1. The minimum atomic E-state index is -0.880. The molecule has 0 aliphatic carbocycles. The van der Waals surface area contributed by atoms with Crippen LogP contribution in [0.5, 0.6) is 11.5 Å². The third-order valence-corrected chi connectivity index (χ3v) is 4.28. The minimum absolute atomic E-state index is 0.103. The Bertz CT molecular complexity index is 1130. The molecule has 0 spiro atoms. The van der Waals surface area contributed by atoms with Crippen LogP contribution in [0.2, 0.25) is 0 Å². The molecule has 0 fully saturated rings. The zero-order valence-electron chi connectivity index (χ0n) is 15.4. The summed E-state index contributed by atoms with van der Waals surface area (Å²) >= 11 is 0. The predicted molar refractivity (Wildman–Crippen MR) is 103 cm³/mol. The summed E-state index contributed by atoms with van der Waals surface area (Å²) in [7, 11) is 0. The van der Waals surface area contributed by atoms with E-state index in [1.807, 2.05) is 30.3 Å². The Morgan fingerprint density at radius 1 is 1.00 bits per heavy atom. The topological polar surface area (TPSA) is 148 Å². The number of fused-ring (bicyclic) bond motifs is 1. The summed E-state index contributed by atoms with van der Waals surface area (Å²) in [5.74, 6) is -1.16. The lowest BCUT2D eigenvalue weighted by atomic mass is 10.1. The first-order valence-electron chi connectivity index (χ1n) is 8.82. The van der Waals surface area contributed by atoms with E-state index < -0.39 is 22.4 Å². The van der Waals surface area contributed by atoms with E-state index in [0.29, 0.717) is 5.69 Å². The number of nitrogens with one attached hydrogen (secondary N) is 3. The average Bonchev–Trinajstić information content (AvgIpc) is 3.27. The maximum absolute atomic E-state index is 12.5. The summed E-state index contributed by atoms with van der Waals surface area (Å²) < 4.78 is 10.7. The van der Waals surface area contributed by atoms with Gasteiger partial charge in [0.1, 0.15) is 24.5 Å². The Hall–Kier alpha value is -4.41. The van der Waals surface area contributed by atoms with Gasteiger partial charge in [0.25, 0.3) is 17.5 Å². The molecule has 0 atom stereocenters. The van der Waals surface area contributed by atoms with Gasteiger partial charge in [-0.05, 0) is 6.07 Å². The molecule has 1 aliphatic heterocycles. The number of hydrazine groups is 1. The Kier molecular flexibility index (Phi) is 4.99. The molecule has 30 heavy (non-hydrogen) atoms. The zero-order valence-corrected chi connectivity index (χ0v) is 15.4. The normalized spacial score (nSPS) is 12.1. The second kappa shape index (κ2) is 7.91. The van der Waals surface area contributed by atoms with Gasteiger partial charge < -0.3 is 9.47 Å². The van der Waals surface area contributed by atoms with Crippen molar-refractivity contribution in [2.45, 2.75) is 0 Å². The molecule has 3 N–H and O–H groups in total. The molecule has 0 unspecified atom stereocenters. The fourth-order valence-corrected chi connectivity index (χ4v) is 2.85. The zero-order chi connectivity index (χ0) is 21.1. The van der Waals surface area contributed by atoms with Gasteiger partial charge >= 0.3 is 0 Å². The van der Waals surface area contributed by atoms with Gasteiger partial charge in [-0.2, -0.15) is 5.10 Å². The number of ether oxygens (including phenoxy) is 2. The van der Waals surface area contributed by atoms with E-state index in [2.05, 4.69) is 21.0 Å². The molecule has 0 radical (unpaired) electrons. The minimum Gasteiger partial charge on any atom is -0.486 e. The van der Waals surface area contributed by atoms with Crippen LogP contribution in [0.15, 0.2) is 48.5 Å². The van der Waals surface area contributed by atoms with Crippen molar-refractivity contribution in [3.05, 3.63) is 69.9 Å². The number of amides is 2. The monoisotopic (exact) mass is 409 g/mol. The van der Waals surface area contributed by atoms with E-state index in [1.54, 1.807) is 0 Å². The van der Waals surface area contributed by atoms with E-state index in [9.17, 15) is 19.7 Å². The lowest BCUT2D eigenvalue weighted by Gasteiger charge is -2.18. The van der Waals surface area contributed by atoms with E-state index in [0.717, 1.165) is 11.6 Å². The molecular formula is C19H15N5O6. The number of H-pyrrole nitrogens is 1. The number of nitro benzene ring substituents is 1. The molecule has 152 valence electrons. The summed E-state index contributed by atoms with van der Waals surface area (Å²) in [6.07, 6.45) is 0. The smallest absolute Gasteiger partial charge is 0.287 e. The summed E-state index contributed by atoms with van der Waals surface area (Å²) in [5.41, 5.74) is 5.08. The highest BCUT2D eigenvalue weighted by molar-refractivity contribution is 6.01. The number of aromatic nitrogens is 2. The molecule has 3 aromatic rings. The molecule has 11 heteroatoms. The van der Waals surface area contributed by atoms with Gasteiger partial charge in [-0.15, -0.1) is 0 Å². The SMILES string of the molecule is O=C(NNC(=O)c1cc2c(cc1[N+](=O)[O-])OCCO2)c1cc(-c2ccccc2)n[nH]1. The van der Waals surface area contributed by atoms with Crippen LogP contribution < -0.4 is 20.3 Å². The van der Waals surface area contributed by atoms with Gasteiger partial charge in [0.2, 0.25) is 0 Å². The van der Waals surface area contributed by atoms with Crippen molar-refractivity contribution >= 4 is 17.5 Å². The summed E-state index contributed by atoms with van der Waals surface area (Å²) in [4.78, 5) is 35.4. The van der Waals surface area contributed by atoms with Crippen molar-refractivity contribution in [3.63, 3.8) is 0 Å². The Balaban J connectivity index is 1.48. The molecule has 11 nitrogen and oxygen atoms in total. The number of benzene rings is 2. The van der Waals surface area contributed by atoms with Gasteiger partial charge in [0.05, 0.1) is 16.7 Å². The summed E-state index contributed by atoms with van der Waals surface area (Å²) in [6, 6.07) is 13.0. The average molecular weight is 409 g/mol. The molecule has 0 saturated carbocycles. The van der Waals surface area contributed by atoms with Crippen molar-refractivity contribution in [1.82, 2.24) is 21.0 Å². The quantitative estimate of drug-likeness (QED) is 0.440. The molecule has 2 amide bonds. The van der Waals surface area contributed by atoms with Gasteiger partial charge in [-0.25, -0.2) is 0 Å². The van der Waals surface area contributed by atoms with Gasteiger partial charge in [0.15, 0.2) is 11.5 Å². The summed E-state index contributed by atoms with van der Waals surface area (Å²) in [6.45, 7) is 0.507. The van der Waals surface area contributed by atoms with Crippen LogP contribution >= 0.6 is 0 Å². The van der Waals surface area contributed by atoms with Crippen LogP contribution in [0.4, 0.5) is 5.69 Å². The van der Waals surface area contributed by atoms with Crippen LogP contribution in [0.3, 0.4) is 0 Å². The third-order valence-electron chi connectivity index (χ3n) is 4.28. The van der Waals surface area contributed by atoms with E-state index >= 15 is 0 Å². The van der Waals surface area contributed by atoms with Crippen LogP contribution in [-0.4, -0.2) is 40.1 Å². The highest BCUT2D eigenvalue weighted by Gasteiger charge is 2.26. The molecule has 2 aromatic carbocycles. The van der Waals surface area contributed by atoms with Crippen LogP contribution in [0, 0.1) is 10.1 Å². The predicted octanol–water partition coefficient (Wildman–Crippen LogP) is 1.83. The van der Waals surface area contributed by atoms with Crippen LogP contribution in [0.1, 0.15) is 20.8 Å². The number of rotatable bonds is 4. The fraction of sp³-hybridized carbons (Fsp3) is 0.105. The molecule has 1 aliphatic rings. The lowest BCUT2D eigenvalue weighted by molar-refractivity contribution is -0.385. The van der Waals surface area contributed by atoms with Crippen molar-refractivity contribution in [2.24, 2.45) is 0 Å². The first-order chi connectivity index (χ1) is 14.5. The molecule has 2 heterocycles. The van der Waals surface area contributed by atoms with Crippen molar-refractivity contribution in [1.29, 1.82) is 0 Å². The molecule has 4 rings (SSSR count). The largest absolute Gasteiger partial charge is 0.486 e. The molecular weight excluding hydrogens is 394 g/mol. The van der Waals surface area contributed by atoms with E-state index in [1.165, 1.54) is 12.1 Å². The second-order valence-electron chi connectivity index (χ2n) is 6.21. The molecule has 0 saturated heterocycles. The highest BCUT2D eigenvalue weighted by atomic mass is 16.6. The van der Waals surface area contributed by atoms with Gasteiger partial charge in [-0.3, -0.25) is 35.7 Å². The lowest BCUT2D eigenvalue weighted by Crippen LogP contribution is -2.42. The third kappa shape index (κ3) is 3.76. The highest BCUT2D eigenvalue weighted by Crippen LogP contribution is 2.36. The standard InChI is InChI=1S/C19H15N5O6/c25-18(12-8-16-17(30-7-6-29-16)10-15(12)24(27)28)22-23-19(26)14-9-13(20-21-14)11-4-2-1-3-5-11/h1-5,8-10H,6-7H2,(H,20,21)(H,22,25)(H,23,26). The molecule has 1 aromatic heterocycles. The number of hydrogen-bond acceptors (Lipinski definition) is 7. The van der Waals surface area contributed by atoms with Crippen molar-refractivity contribution < 1.29 is 24.0 Å². The van der Waals surface area contributed by atoms with Gasteiger partial charge in [-0.1, -0.05) is 30.3 Å². The van der Waals surface area contributed by atoms with E-state index in [-0.39, 0.29) is 36.0 Å². The number of hydrogen-bond donors (Lipinski definition) is 3. The van der Waals surface area contributed by atoms with E-state index in [4.69, 9.17) is 9.47 Å².